The summed E-state index contributed by atoms with van der Waals surface area (Å²) in [4.78, 5) is 21.7. The number of hydrogen-bond donors (Lipinski definition) is 3. The van der Waals surface area contributed by atoms with E-state index in [-0.39, 0.29) is 5.57 Å². The van der Waals surface area contributed by atoms with Gasteiger partial charge in [-0.1, -0.05) is 0 Å². The minimum absolute atomic E-state index is 0.254. The zero-order chi connectivity index (χ0) is 15.0. The Morgan fingerprint density at radius 2 is 1.90 bits per heavy atom. The third kappa shape index (κ3) is 4.51. The molecule has 0 spiro atoms. The van der Waals surface area contributed by atoms with Gasteiger partial charge in [-0.2, -0.15) is 10.5 Å². The van der Waals surface area contributed by atoms with Crippen LogP contribution in [-0.2, 0) is 9.59 Å². The quantitative estimate of drug-likeness (QED) is 0.530. The minimum Gasteiger partial charge on any atom is -0.480 e. The van der Waals surface area contributed by atoms with Crippen LogP contribution in [-0.4, -0.2) is 23.5 Å². The van der Waals surface area contributed by atoms with Crippen LogP contribution in [0.4, 0.5) is 5.69 Å². The molecule has 0 atom stereocenters. The topological polar surface area (TPSA) is 126 Å². The van der Waals surface area contributed by atoms with Crippen molar-refractivity contribution in [3.63, 3.8) is 0 Å². The smallest absolute Gasteiger partial charge is 0.322 e. The Balaban J connectivity index is 2.70. The van der Waals surface area contributed by atoms with Gasteiger partial charge in [0.25, 0.3) is 5.91 Å². The summed E-state index contributed by atoms with van der Waals surface area (Å²) in [6.07, 6.45) is 1.17. The molecule has 1 rings (SSSR count). The zero-order valence-electron chi connectivity index (χ0n) is 10.3. The Bertz CT molecular complexity index is 621. The number of aliphatic carboxylic acids is 1. The molecule has 7 nitrogen and oxygen atoms in total. The largest absolute Gasteiger partial charge is 0.480 e. The molecule has 0 saturated carbocycles. The molecule has 0 fully saturated rings. The van der Waals surface area contributed by atoms with Gasteiger partial charge in [-0.25, -0.2) is 0 Å². The molecule has 20 heavy (non-hydrogen) atoms. The lowest BCUT2D eigenvalue weighted by Crippen LogP contribution is -2.30. The highest BCUT2D eigenvalue weighted by molar-refractivity contribution is 5.98. The van der Waals surface area contributed by atoms with Gasteiger partial charge in [-0.15, -0.1) is 0 Å². The highest BCUT2D eigenvalue weighted by Gasteiger charge is 2.09. The first-order valence-corrected chi connectivity index (χ1v) is 5.43. The molecule has 0 aliphatic rings. The zero-order valence-corrected chi connectivity index (χ0v) is 10.3. The third-order valence-electron chi connectivity index (χ3n) is 2.16. The first kappa shape index (κ1) is 14.7. The van der Waals surface area contributed by atoms with Crippen molar-refractivity contribution in [1.29, 1.82) is 10.5 Å². The molecule has 0 aliphatic heterocycles. The van der Waals surface area contributed by atoms with Crippen molar-refractivity contribution in [2.45, 2.75) is 0 Å². The summed E-state index contributed by atoms with van der Waals surface area (Å²) in [5.41, 5.74) is 0.817. The van der Waals surface area contributed by atoms with Crippen molar-refractivity contribution in [3.8, 4) is 12.1 Å². The standard InChI is InChI=1S/C13H10N4O3/c14-5-9-1-3-11(4-2-9)16-7-10(6-15)13(20)17-8-12(18)19/h1-4,7,16H,8H2,(H,17,20)(H,18,19)/b10-7-. The molecule has 7 heteroatoms. The third-order valence-corrected chi connectivity index (χ3v) is 2.16. The van der Waals surface area contributed by atoms with Gasteiger partial charge >= 0.3 is 5.97 Å². The van der Waals surface area contributed by atoms with Crippen molar-refractivity contribution in [3.05, 3.63) is 41.6 Å². The number of hydrogen-bond acceptors (Lipinski definition) is 5. The lowest BCUT2D eigenvalue weighted by molar-refractivity contribution is -0.137. The van der Waals surface area contributed by atoms with E-state index in [1.807, 2.05) is 6.07 Å². The van der Waals surface area contributed by atoms with Gasteiger partial charge in [0, 0.05) is 11.9 Å². The maximum Gasteiger partial charge on any atom is 0.322 e. The molecule has 1 amide bonds. The van der Waals surface area contributed by atoms with Gasteiger partial charge in [-0.05, 0) is 24.3 Å². The molecular weight excluding hydrogens is 260 g/mol. The van der Waals surface area contributed by atoms with Crippen LogP contribution in [0.5, 0.6) is 0 Å². The summed E-state index contributed by atoms with van der Waals surface area (Å²) in [6, 6.07) is 9.99. The van der Waals surface area contributed by atoms with Crippen molar-refractivity contribution in [1.82, 2.24) is 5.32 Å². The van der Waals surface area contributed by atoms with Crippen LogP contribution in [0.1, 0.15) is 5.56 Å². The SMILES string of the molecule is N#C/C(=C/Nc1ccc(C#N)cc1)C(=O)NCC(=O)O. The van der Waals surface area contributed by atoms with Crippen LogP contribution in [0.3, 0.4) is 0 Å². The van der Waals surface area contributed by atoms with Gasteiger partial charge in [0.1, 0.15) is 18.2 Å². The maximum atomic E-state index is 11.5. The molecule has 1 aromatic carbocycles. The van der Waals surface area contributed by atoms with Crippen molar-refractivity contribution < 1.29 is 14.7 Å². The van der Waals surface area contributed by atoms with Gasteiger partial charge in [-0.3, -0.25) is 9.59 Å². The second-order valence-corrected chi connectivity index (χ2v) is 3.58. The average molecular weight is 270 g/mol. The van der Waals surface area contributed by atoms with E-state index in [4.69, 9.17) is 15.6 Å². The Labute approximate surface area is 114 Å². The fourth-order valence-electron chi connectivity index (χ4n) is 1.20. The number of anilines is 1. The van der Waals surface area contributed by atoms with E-state index >= 15 is 0 Å². The molecule has 0 bridgehead atoms. The van der Waals surface area contributed by atoms with Crippen LogP contribution < -0.4 is 10.6 Å². The van der Waals surface area contributed by atoms with E-state index in [0.29, 0.717) is 11.3 Å². The van der Waals surface area contributed by atoms with Crippen LogP contribution in [0.15, 0.2) is 36.0 Å². The number of nitrogens with one attached hydrogen (secondary N) is 2. The van der Waals surface area contributed by atoms with Crippen LogP contribution in [0.25, 0.3) is 0 Å². The van der Waals surface area contributed by atoms with Gasteiger partial charge in [0.15, 0.2) is 0 Å². The molecule has 1 aromatic rings. The average Bonchev–Trinajstić information content (AvgIpc) is 2.46. The summed E-state index contributed by atoms with van der Waals surface area (Å²) in [7, 11) is 0. The number of carboxylic acid groups (broad SMARTS) is 1. The number of rotatable bonds is 5. The van der Waals surface area contributed by atoms with Gasteiger partial charge < -0.3 is 15.7 Å². The monoisotopic (exact) mass is 270 g/mol. The number of amides is 1. The first-order chi connectivity index (χ1) is 9.56. The fraction of sp³-hybridized carbons (Fsp3) is 0.0769. The van der Waals surface area contributed by atoms with E-state index in [1.54, 1.807) is 30.3 Å². The van der Waals surface area contributed by atoms with Crippen molar-refractivity contribution >= 4 is 17.6 Å². The molecule has 0 unspecified atom stereocenters. The fourth-order valence-corrected chi connectivity index (χ4v) is 1.20. The Kier molecular flexibility index (Phi) is 5.30. The molecule has 0 radical (unpaired) electrons. The Morgan fingerprint density at radius 3 is 2.40 bits per heavy atom. The van der Waals surface area contributed by atoms with E-state index in [0.717, 1.165) is 0 Å². The molecule has 3 N–H and O–H groups in total. The highest BCUT2D eigenvalue weighted by atomic mass is 16.4. The molecular formula is C13H10N4O3. The lowest BCUT2D eigenvalue weighted by Gasteiger charge is -2.03. The predicted molar refractivity (Wildman–Crippen MR) is 69.1 cm³/mol. The highest BCUT2D eigenvalue weighted by Crippen LogP contribution is 2.09. The van der Waals surface area contributed by atoms with Crippen molar-refractivity contribution in [2.75, 3.05) is 11.9 Å². The van der Waals surface area contributed by atoms with E-state index in [1.165, 1.54) is 6.20 Å². The number of carbonyl (C=O) groups excluding carboxylic acids is 1. The van der Waals surface area contributed by atoms with Gasteiger partial charge in [0.05, 0.1) is 11.6 Å². The van der Waals surface area contributed by atoms with Crippen molar-refractivity contribution in [2.24, 2.45) is 0 Å². The number of benzene rings is 1. The van der Waals surface area contributed by atoms with E-state index in [9.17, 15) is 9.59 Å². The molecule has 100 valence electrons. The molecule has 0 saturated heterocycles. The molecule has 0 aliphatic carbocycles. The summed E-state index contributed by atoms with van der Waals surface area (Å²) in [5.74, 6) is -1.98. The predicted octanol–water partition coefficient (Wildman–Crippen LogP) is 0.578. The van der Waals surface area contributed by atoms with Crippen LogP contribution in [0.2, 0.25) is 0 Å². The first-order valence-electron chi connectivity index (χ1n) is 5.43. The Hall–Kier alpha value is -3.32. The second kappa shape index (κ2) is 7.19. The number of carbonyl (C=O) groups is 2. The number of carboxylic acids is 1. The summed E-state index contributed by atoms with van der Waals surface area (Å²) < 4.78 is 0. The summed E-state index contributed by atoms with van der Waals surface area (Å²) in [5, 5.41) is 30.7. The second-order valence-electron chi connectivity index (χ2n) is 3.58. The normalized spacial score (nSPS) is 10.0. The molecule has 0 heterocycles. The van der Waals surface area contributed by atoms with Crippen LogP contribution >= 0.6 is 0 Å². The summed E-state index contributed by atoms with van der Waals surface area (Å²) >= 11 is 0. The van der Waals surface area contributed by atoms with Gasteiger partial charge in [0.2, 0.25) is 0 Å². The van der Waals surface area contributed by atoms with E-state index < -0.39 is 18.4 Å². The number of nitriles is 2. The maximum absolute atomic E-state index is 11.5. The van der Waals surface area contributed by atoms with E-state index in [2.05, 4.69) is 10.6 Å². The number of nitrogens with zero attached hydrogens (tertiary/aromatic N) is 2. The Morgan fingerprint density at radius 1 is 1.25 bits per heavy atom. The minimum atomic E-state index is -1.20. The molecule has 0 aromatic heterocycles. The van der Waals surface area contributed by atoms with Crippen LogP contribution in [0, 0.1) is 22.7 Å². The summed E-state index contributed by atoms with van der Waals surface area (Å²) in [6.45, 7) is -0.561. The lowest BCUT2D eigenvalue weighted by atomic mass is 10.2.